The molecule has 2 unspecified atom stereocenters. The summed E-state index contributed by atoms with van der Waals surface area (Å²) in [5.41, 5.74) is 0.827. The number of rotatable bonds is 6. The predicted octanol–water partition coefficient (Wildman–Crippen LogP) is 1.20. The molecule has 1 N–H and O–H groups in total. The normalized spacial score (nSPS) is 20.3. The number of hydrogen-bond donors (Lipinski definition) is 1. The third-order valence-corrected chi connectivity index (χ3v) is 3.69. The second kappa shape index (κ2) is 6.50. The summed E-state index contributed by atoms with van der Waals surface area (Å²) in [7, 11) is 0. The predicted molar refractivity (Wildman–Crippen MR) is 75.6 cm³/mol. The van der Waals surface area contributed by atoms with Crippen LogP contribution >= 0.6 is 0 Å². The highest BCUT2D eigenvalue weighted by atomic mass is 16.2. The summed E-state index contributed by atoms with van der Waals surface area (Å²) in [6.07, 6.45) is 2.37. The van der Waals surface area contributed by atoms with Gasteiger partial charge in [-0.15, -0.1) is 0 Å². The monoisotopic (exact) mass is 275 g/mol. The van der Waals surface area contributed by atoms with Crippen LogP contribution in [0.2, 0.25) is 0 Å². The molecule has 0 saturated heterocycles. The molecule has 1 fully saturated rings. The third-order valence-electron chi connectivity index (χ3n) is 3.69. The van der Waals surface area contributed by atoms with Crippen molar-refractivity contribution in [1.29, 1.82) is 0 Å². The molecule has 1 aliphatic rings. The smallest absolute Gasteiger partial charge is 0.226 e. The molecule has 0 bridgehead atoms. The van der Waals surface area contributed by atoms with Crippen molar-refractivity contribution < 1.29 is 9.59 Å². The summed E-state index contributed by atoms with van der Waals surface area (Å²) < 4.78 is 0. The first kappa shape index (κ1) is 14.5. The number of hydrogen-bond acceptors (Lipinski definition) is 3. The number of nitrogens with zero attached hydrogens (tertiary/aromatic N) is 2. The van der Waals surface area contributed by atoms with Crippen molar-refractivity contribution >= 4 is 11.8 Å². The van der Waals surface area contributed by atoms with E-state index < -0.39 is 0 Å². The van der Waals surface area contributed by atoms with E-state index in [1.165, 1.54) is 0 Å². The SMILES string of the molecule is CCN(CC)C(=O)C1CC1C(=O)NCc1ccccn1. The van der Waals surface area contributed by atoms with Crippen molar-refractivity contribution in [2.24, 2.45) is 11.8 Å². The van der Waals surface area contributed by atoms with Gasteiger partial charge in [-0.2, -0.15) is 0 Å². The molecule has 0 spiro atoms. The molecule has 2 rings (SSSR count). The lowest BCUT2D eigenvalue weighted by atomic mass is 10.2. The molecular weight excluding hydrogens is 254 g/mol. The summed E-state index contributed by atoms with van der Waals surface area (Å²) in [6.45, 7) is 5.74. The van der Waals surface area contributed by atoms with Gasteiger partial charge in [0.25, 0.3) is 0 Å². The highest BCUT2D eigenvalue weighted by molar-refractivity contribution is 5.92. The van der Waals surface area contributed by atoms with Gasteiger partial charge in [-0.1, -0.05) is 6.07 Å². The number of amides is 2. The van der Waals surface area contributed by atoms with Crippen LogP contribution in [-0.4, -0.2) is 34.8 Å². The Balaban J connectivity index is 1.80. The van der Waals surface area contributed by atoms with Crippen molar-refractivity contribution in [1.82, 2.24) is 15.2 Å². The van der Waals surface area contributed by atoms with E-state index in [0.717, 1.165) is 5.69 Å². The molecule has 5 heteroatoms. The molecular formula is C15H21N3O2. The fourth-order valence-electron chi connectivity index (χ4n) is 2.34. The molecule has 1 aromatic rings. The van der Waals surface area contributed by atoms with Gasteiger partial charge in [0, 0.05) is 19.3 Å². The largest absolute Gasteiger partial charge is 0.350 e. The van der Waals surface area contributed by atoms with Crippen molar-refractivity contribution in [2.75, 3.05) is 13.1 Å². The molecule has 5 nitrogen and oxygen atoms in total. The van der Waals surface area contributed by atoms with E-state index in [9.17, 15) is 9.59 Å². The summed E-state index contributed by atoms with van der Waals surface area (Å²) in [6, 6.07) is 5.59. The van der Waals surface area contributed by atoms with Gasteiger partial charge in [-0.3, -0.25) is 14.6 Å². The lowest BCUT2D eigenvalue weighted by Gasteiger charge is -2.18. The molecule has 0 radical (unpaired) electrons. The molecule has 1 aromatic heterocycles. The Morgan fingerprint density at radius 1 is 1.30 bits per heavy atom. The first-order valence-corrected chi connectivity index (χ1v) is 7.13. The number of carbonyl (C=O) groups excluding carboxylic acids is 2. The highest BCUT2D eigenvalue weighted by Gasteiger charge is 2.48. The summed E-state index contributed by atoms with van der Waals surface area (Å²) in [5.74, 6) is -0.223. The van der Waals surface area contributed by atoms with Crippen LogP contribution in [0.4, 0.5) is 0 Å². The van der Waals surface area contributed by atoms with Gasteiger partial charge in [0.1, 0.15) is 0 Å². The topological polar surface area (TPSA) is 62.3 Å². The van der Waals surface area contributed by atoms with E-state index in [-0.39, 0.29) is 23.7 Å². The van der Waals surface area contributed by atoms with Gasteiger partial charge in [-0.05, 0) is 32.4 Å². The molecule has 2 atom stereocenters. The Labute approximate surface area is 119 Å². The number of pyridine rings is 1. The Hall–Kier alpha value is -1.91. The maximum atomic E-state index is 12.1. The van der Waals surface area contributed by atoms with Crippen LogP contribution in [0.25, 0.3) is 0 Å². The summed E-state index contributed by atoms with van der Waals surface area (Å²) in [5, 5.41) is 2.85. The van der Waals surface area contributed by atoms with E-state index in [4.69, 9.17) is 0 Å². The van der Waals surface area contributed by atoms with Crippen molar-refractivity contribution in [2.45, 2.75) is 26.8 Å². The van der Waals surface area contributed by atoms with E-state index in [1.54, 1.807) is 11.1 Å². The Morgan fingerprint density at radius 3 is 2.65 bits per heavy atom. The molecule has 1 aliphatic carbocycles. The first-order chi connectivity index (χ1) is 9.67. The van der Waals surface area contributed by atoms with Crippen molar-refractivity contribution in [3.8, 4) is 0 Å². The molecule has 20 heavy (non-hydrogen) atoms. The summed E-state index contributed by atoms with van der Waals surface area (Å²) >= 11 is 0. The van der Waals surface area contributed by atoms with Crippen LogP contribution < -0.4 is 5.32 Å². The number of aromatic nitrogens is 1. The van der Waals surface area contributed by atoms with Crippen LogP contribution in [0.3, 0.4) is 0 Å². The average Bonchev–Trinajstić information content (AvgIpc) is 3.27. The van der Waals surface area contributed by atoms with Crippen LogP contribution in [0.5, 0.6) is 0 Å². The van der Waals surface area contributed by atoms with Gasteiger partial charge >= 0.3 is 0 Å². The van der Waals surface area contributed by atoms with Crippen molar-refractivity contribution in [3.05, 3.63) is 30.1 Å². The van der Waals surface area contributed by atoms with Gasteiger partial charge < -0.3 is 10.2 Å². The average molecular weight is 275 g/mol. The minimum absolute atomic E-state index is 0.0406. The standard InChI is InChI=1S/C15H21N3O2/c1-3-18(4-2)15(20)13-9-12(13)14(19)17-10-11-7-5-6-8-16-11/h5-8,12-13H,3-4,9-10H2,1-2H3,(H,17,19). The molecule has 0 aliphatic heterocycles. The lowest BCUT2D eigenvalue weighted by Crippen LogP contribution is -2.34. The molecule has 0 aromatic carbocycles. The molecule has 2 amide bonds. The zero-order valence-electron chi connectivity index (χ0n) is 12.0. The van der Waals surface area contributed by atoms with Gasteiger partial charge in [-0.25, -0.2) is 0 Å². The molecule has 1 heterocycles. The van der Waals surface area contributed by atoms with Gasteiger partial charge in [0.15, 0.2) is 0 Å². The van der Waals surface area contributed by atoms with Crippen LogP contribution in [-0.2, 0) is 16.1 Å². The minimum Gasteiger partial charge on any atom is -0.350 e. The van der Waals surface area contributed by atoms with Gasteiger partial charge in [0.05, 0.1) is 24.1 Å². The number of nitrogens with one attached hydrogen (secondary N) is 1. The van der Waals surface area contributed by atoms with Crippen LogP contribution in [0.15, 0.2) is 24.4 Å². The first-order valence-electron chi connectivity index (χ1n) is 7.13. The minimum atomic E-state index is -0.160. The second-order valence-electron chi connectivity index (χ2n) is 5.00. The second-order valence-corrected chi connectivity index (χ2v) is 5.00. The Morgan fingerprint density at radius 2 is 2.05 bits per heavy atom. The fraction of sp³-hybridized carbons (Fsp3) is 0.533. The zero-order valence-corrected chi connectivity index (χ0v) is 12.0. The Kier molecular flexibility index (Phi) is 4.71. The van der Waals surface area contributed by atoms with E-state index >= 15 is 0 Å². The molecule has 1 saturated carbocycles. The van der Waals surface area contributed by atoms with E-state index in [0.29, 0.717) is 26.1 Å². The van der Waals surface area contributed by atoms with Crippen molar-refractivity contribution in [3.63, 3.8) is 0 Å². The van der Waals surface area contributed by atoms with Crippen LogP contribution in [0.1, 0.15) is 26.0 Å². The zero-order chi connectivity index (χ0) is 14.5. The van der Waals surface area contributed by atoms with E-state index in [2.05, 4.69) is 10.3 Å². The Bertz CT molecular complexity index is 471. The van der Waals surface area contributed by atoms with Gasteiger partial charge in [0.2, 0.25) is 11.8 Å². The van der Waals surface area contributed by atoms with E-state index in [1.807, 2.05) is 32.0 Å². The third kappa shape index (κ3) is 3.35. The van der Waals surface area contributed by atoms with Crippen LogP contribution in [0, 0.1) is 11.8 Å². The molecule has 108 valence electrons. The number of carbonyl (C=O) groups is 2. The lowest BCUT2D eigenvalue weighted by molar-refractivity contribution is -0.134. The fourth-order valence-corrected chi connectivity index (χ4v) is 2.34. The highest BCUT2D eigenvalue weighted by Crippen LogP contribution is 2.40. The quantitative estimate of drug-likeness (QED) is 0.848. The maximum absolute atomic E-state index is 12.1. The summed E-state index contributed by atoms with van der Waals surface area (Å²) in [4.78, 5) is 30.0. The maximum Gasteiger partial charge on any atom is 0.226 e.